The number of halogens is 1. The average Bonchev–Trinajstić information content (AvgIpc) is 2.61. The SMILES string of the molecule is C=CCNc1cc(Cl)cc2c1OCC2. The molecular weight excluding hydrogens is 198 g/mol. The van der Waals surface area contributed by atoms with Crippen molar-refractivity contribution in [3.8, 4) is 5.75 Å². The number of ether oxygens (including phenoxy) is 1. The lowest BCUT2D eigenvalue weighted by molar-refractivity contribution is 0.358. The lowest BCUT2D eigenvalue weighted by atomic mass is 10.1. The summed E-state index contributed by atoms with van der Waals surface area (Å²) in [5, 5.41) is 3.96. The van der Waals surface area contributed by atoms with Gasteiger partial charge in [-0.25, -0.2) is 0 Å². The van der Waals surface area contributed by atoms with Crippen LogP contribution in [0.4, 0.5) is 5.69 Å². The molecule has 1 aliphatic heterocycles. The van der Waals surface area contributed by atoms with Crippen LogP contribution < -0.4 is 10.1 Å². The van der Waals surface area contributed by atoms with Crippen molar-refractivity contribution in [3.05, 3.63) is 35.4 Å². The lowest BCUT2D eigenvalue weighted by Gasteiger charge is -2.09. The Labute approximate surface area is 88.5 Å². The van der Waals surface area contributed by atoms with Gasteiger partial charge in [0, 0.05) is 23.6 Å². The fraction of sp³-hybridized carbons (Fsp3) is 0.273. The van der Waals surface area contributed by atoms with Crippen LogP contribution >= 0.6 is 11.6 Å². The van der Waals surface area contributed by atoms with Gasteiger partial charge in [0.1, 0.15) is 5.75 Å². The van der Waals surface area contributed by atoms with Gasteiger partial charge in [-0.3, -0.25) is 0 Å². The molecule has 0 unspecified atom stereocenters. The van der Waals surface area contributed by atoms with Gasteiger partial charge >= 0.3 is 0 Å². The summed E-state index contributed by atoms with van der Waals surface area (Å²) in [6, 6.07) is 3.85. The van der Waals surface area contributed by atoms with Crippen molar-refractivity contribution in [2.24, 2.45) is 0 Å². The molecule has 14 heavy (non-hydrogen) atoms. The van der Waals surface area contributed by atoms with E-state index in [-0.39, 0.29) is 0 Å². The number of rotatable bonds is 3. The molecule has 74 valence electrons. The minimum absolute atomic E-state index is 0.718. The largest absolute Gasteiger partial charge is 0.491 e. The molecule has 0 radical (unpaired) electrons. The highest BCUT2D eigenvalue weighted by Gasteiger charge is 2.16. The minimum Gasteiger partial charge on any atom is -0.491 e. The number of fused-ring (bicyclic) bond motifs is 1. The summed E-state index contributed by atoms with van der Waals surface area (Å²) >= 11 is 5.99. The number of anilines is 1. The maximum Gasteiger partial charge on any atom is 0.145 e. The van der Waals surface area contributed by atoms with E-state index in [1.54, 1.807) is 0 Å². The second-order valence-electron chi connectivity index (χ2n) is 3.21. The van der Waals surface area contributed by atoms with Crippen molar-refractivity contribution in [1.29, 1.82) is 0 Å². The van der Waals surface area contributed by atoms with Crippen molar-refractivity contribution in [2.45, 2.75) is 6.42 Å². The fourth-order valence-electron chi connectivity index (χ4n) is 1.58. The molecule has 0 spiro atoms. The van der Waals surface area contributed by atoms with E-state index in [1.165, 1.54) is 5.56 Å². The third kappa shape index (κ3) is 1.70. The quantitative estimate of drug-likeness (QED) is 0.773. The minimum atomic E-state index is 0.718. The zero-order valence-electron chi connectivity index (χ0n) is 7.85. The van der Waals surface area contributed by atoms with Crippen molar-refractivity contribution in [1.82, 2.24) is 0 Å². The molecule has 0 fully saturated rings. The predicted molar refractivity (Wildman–Crippen MR) is 59.3 cm³/mol. The molecule has 1 aromatic rings. The fourth-order valence-corrected chi connectivity index (χ4v) is 1.82. The second kappa shape index (κ2) is 3.93. The molecule has 3 heteroatoms. The third-order valence-corrected chi connectivity index (χ3v) is 2.40. The van der Waals surface area contributed by atoms with E-state index in [1.807, 2.05) is 18.2 Å². The summed E-state index contributed by atoms with van der Waals surface area (Å²) in [4.78, 5) is 0. The van der Waals surface area contributed by atoms with Crippen molar-refractivity contribution in [3.63, 3.8) is 0 Å². The van der Waals surface area contributed by atoms with Gasteiger partial charge in [-0.2, -0.15) is 0 Å². The zero-order chi connectivity index (χ0) is 9.97. The summed E-state index contributed by atoms with van der Waals surface area (Å²) < 4.78 is 5.53. The molecule has 0 amide bonds. The first-order valence-electron chi connectivity index (χ1n) is 4.61. The summed E-state index contributed by atoms with van der Waals surface area (Å²) in [7, 11) is 0. The molecule has 0 atom stereocenters. The van der Waals surface area contributed by atoms with Crippen LogP contribution in [0.15, 0.2) is 24.8 Å². The summed E-state index contributed by atoms with van der Waals surface area (Å²) in [6.07, 6.45) is 2.75. The Morgan fingerprint density at radius 1 is 1.57 bits per heavy atom. The first-order chi connectivity index (χ1) is 6.81. The van der Waals surface area contributed by atoms with E-state index in [9.17, 15) is 0 Å². The summed E-state index contributed by atoms with van der Waals surface area (Å²) in [5.74, 6) is 0.941. The van der Waals surface area contributed by atoms with Crippen LogP contribution in [0, 0.1) is 0 Å². The number of nitrogens with one attached hydrogen (secondary N) is 1. The van der Waals surface area contributed by atoms with E-state index < -0.39 is 0 Å². The van der Waals surface area contributed by atoms with E-state index in [0.29, 0.717) is 0 Å². The molecule has 1 aliphatic rings. The normalized spacial score (nSPS) is 13.2. The van der Waals surface area contributed by atoms with E-state index in [0.717, 1.165) is 36.0 Å². The maximum absolute atomic E-state index is 5.99. The Bertz CT molecular complexity index is 363. The van der Waals surface area contributed by atoms with Crippen molar-refractivity contribution in [2.75, 3.05) is 18.5 Å². The highest BCUT2D eigenvalue weighted by molar-refractivity contribution is 6.31. The molecule has 2 nitrogen and oxygen atoms in total. The Kier molecular flexibility index (Phi) is 2.64. The molecule has 0 saturated carbocycles. The first kappa shape index (κ1) is 9.41. The van der Waals surface area contributed by atoms with Gasteiger partial charge in [0.25, 0.3) is 0 Å². The van der Waals surface area contributed by atoms with Crippen LogP contribution in [0.5, 0.6) is 5.75 Å². The molecule has 2 rings (SSSR count). The van der Waals surface area contributed by atoms with Crippen LogP contribution in [-0.4, -0.2) is 13.2 Å². The Hall–Kier alpha value is -1.15. The molecule has 1 aromatic carbocycles. The molecule has 0 aliphatic carbocycles. The van der Waals surface area contributed by atoms with Crippen molar-refractivity contribution >= 4 is 17.3 Å². The summed E-state index contributed by atoms with van der Waals surface area (Å²) in [6.45, 7) is 5.12. The van der Waals surface area contributed by atoms with Crippen LogP contribution in [-0.2, 0) is 6.42 Å². The highest BCUT2D eigenvalue weighted by atomic mass is 35.5. The number of hydrogen-bond acceptors (Lipinski definition) is 2. The van der Waals surface area contributed by atoms with Gasteiger partial charge in [0.05, 0.1) is 12.3 Å². The Morgan fingerprint density at radius 2 is 2.43 bits per heavy atom. The summed E-state index contributed by atoms with van der Waals surface area (Å²) in [5.41, 5.74) is 2.15. The van der Waals surface area contributed by atoms with E-state index >= 15 is 0 Å². The topological polar surface area (TPSA) is 21.3 Å². The number of hydrogen-bond donors (Lipinski definition) is 1. The van der Waals surface area contributed by atoms with E-state index in [4.69, 9.17) is 16.3 Å². The van der Waals surface area contributed by atoms with Gasteiger partial charge in [-0.1, -0.05) is 17.7 Å². The van der Waals surface area contributed by atoms with Crippen LogP contribution in [0.25, 0.3) is 0 Å². The predicted octanol–water partition coefficient (Wildman–Crippen LogP) is 2.87. The smallest absolute Gasteiger partial charge is 0.145 e. The van der Waals surface area contributed by atoms with Crippen LogP contribution in [0.3, 0.4) is 0 Å². The monoisotopic (exact) mass is 209 g/mol. The van der Waals surface area contributed by atoms with Gasteiger partial charge in [-0.05, 0) is 12.1 Å². The average molecular weight is 210 g/mol. The molecular formula is C11H12ClNO. The second-order valence-corrected chi connectivity index (χ2v) is 3.65. The highest BCUT2D eigenvalue weighted by Crippen LogP contribution is 2.36. The van der Waals surface area contributed by atoms with Gasteiger partial charge in [0.15, 0.2) is 0 Å². The molecule has 0 saturated heterocycles. The van der Waals surface area contributed by atoms with Crippen LogP contribution in [0.1, 0.15) is 5.56 Å². The van der Waals surface area contributed by atoms with Crippen molar-refractivity contribution < 1.29 is 4.74 Å². The zero-order valence-corrected chi connectivity index (χ0v) is 8.60. The lowest BCUT2D eigenvalue weighted by Crippen LogP contribution is -1.99. The third-order valence-electron chi connectivity index (χ3n) is 2.19. The Balaban J connectivity index is 2.33. The van der Waals surface area contributed by atoms with Crippen LogP contribution in [0.2, 0.25) is 5.02 Å². The maximum atomic E-state index is 5.99. The van der Waals surface area contributed by atoms with Gasteiger partial charge in [-0.15, -0.1) is 6.58 Å². The van der Waals surface area contributed by atoms with Gasteiger partial charge in [0.2, 0.25) is 0 Å². The standard InChI is InChI=1S/C11H12ClNO/c1-2-4-13-10-7-9(12)6-8-3-5-14-11(8)10/h2,6-7,13H,1,3-5H2. The van der Waals surface area contributed by atoms with Gasteiger partial charge < -0.3 is 10.1 Å². The molecule has 1 N–H and O–H groups in total. The molecule has 0 aromatic heterocycles. The number of benzene rings is 1. The molecule has 0 bridgehead atoms. The molecule has 1 heterocycles. The first-order valence-corrected chi connectivity index (χ1v) is 4.99. The Morgan fingerprint density at radius 3 is 3.21 bits per heavy atom. The van der Waals surface area contributed by atoms with E-state index in [2.05, 4.69) is 11.9 Å².